The molecule has 1 saturated heterocycles. The highest BCUT2D eigenvalue weighted by atomic mass is 16.3. The lowest BCUT2D eigenvalue weighted by molar-refractivity contribution is 0.475. The molecule has 0 atom stereocenters. The molecule has 2 nitrogen and oxygen atoms in total. The minimum absolute atomic E-state index is 0.349. The van der Waals surface area contributed by atoms with Crippen LogP contribution >= 0.6 is 0 Å². The maximum Gasteiger partial charge on any atom is 0.116 e. The van der Waals surface area contributed by atoms with Gasteiger partial charge in [-0.05, 0) is 54.2 Å². The van der Waals surface area contributed by atoms with E-state index < -0.39 is 0 Å². The highest BCUT2D eigenvalue weighted by Crippen LogP contribution is 2.32. The van der Waals surface area contributed by atoms with Crippen LogP contribution in [0.3, 0.4) is 0 Å². The molecule has 0 aliphatic carbocycles. The summed E-state index contributed by atoms with van der Waals surface area (Å²) in [7, 11) is 0. The molecule has 102 valence electrons. The third kappa shape index (κ3) is 3.01. The lowest BCUT2D eigenvalue weighted by Gasteiger charge is -2.12. The minimum atomic E-state index is 0.349. The summed E-state index contributed by atoms with van der Waals surface area (Å²) >= 11 is 0. The zero-order chi connectivity index (χ0) is 13.8. The molecule has 0 radical (unpaired) electrons. The lowest BCUT2D eigenvalue weighted by Crippen LogP contribution is -2.04. The first-order valence-corrected chi connectivity index (χ1v) is 7.09. The van der Waals surface area contributed by atoms with Crippen molar-refractivity contribution in [2.24, 2.45) is 0 Å². The van der Waals surface area contributed by atoms with Crippen LogP contribution in [0.4, 0.5) is 0 Å². The van der Waals surface area contributed by atoms with Crippen molar-refractivity contribution in [3.05, 3.63) is 46.7 Å². The summed E-state index contributed by atoms with van der Waals surface area (Å²) < 4.78 is 0. The summed E-state index contributed by atoms with van der Waals surface area (Å²) in [6.45, 7) is 7.39. The zero-order valence-corrected chi connectivity index (χ0v) is 12.1. The largest absolute Gasteiger partial charge is 0.508 e. The molecule has 1 aromatic carbocycles. The number of benzene rings is 1. The van der Waals surface area contributed by atoms with Gasteiger partial charge in [-0.2, -0.15) is 0 Å². The van der Waals surface area contributed by atoms with Gasteiger partial charge in [0, 0.05) is 18.7 Å². The average molecular weight is 257 g/mol. The quantitative estimate of drug-likeness (QED) is 0.852. The Balaban J connectivity index is 2.40. The first-order valence-electron chi connectivity index (χ1n) is 7.09. The van der Waals surface area contributed by atoms with Gasteiger partial charge in [0.2, 0.25) is 0 Å². The number of aromatic hydroxyl groups is 1. The van der Waals surface area contributed by atoms with E-state index in [9.17, 15) is 5.11 Å². The van der Waals surface area contributed by atoms with Crippen molar-refractivity contribution in [1.29, 1.82) is 0 Å². The zero-order valence-electron chi connectivity index (χ0n) is 12.1. The van der Waals surface area contributed by atoms with Crippen molar-refractivity contribution < 1.29 is 5.11 Å². The SMILES string of the molecule is CC/C=C1/C/C(=C(/CC)c2cc(O)ccc2C)CN1. The predicted octanol–water partition coefficient (Wildman–Crippen LogP) is 4.15. The Morgan fingerprint density at radius 1 is 1.37 bits per heavy atom. The van der Waals surface area contributed by atoms with Gasteiger partial charge < -0.3 is 10.4 Å². The highest BCUT2D eigenvalue weighted by molar-refractivity contribution is 5.73. The van der Waals surface area contributed by atoms with Gasteiger partial charge in [-0.1, -0.05) is 26.0 Å². The molecule has 0 bridgehead atoms. The Bertz CT molecular complexity index is 526. The van der Waals surface area contributed by atoms with E-state index >= 15 is 0 Å². The van der Waals surface area contributed by atoms with Gasteiger partial charge in [-0.3, -0.25) is 0 Å². The maximum absolute atomic E-state index is 9.71. The van der Waals surface area contributed by atoms with Gasteiger partial charge >= 0.3 is 0 Å². The molecule has 1 aliphatic rings. The number of phenolic OH excluding ortho intramolecular Hbond substituents is 1. The molecule has 0 saturated carbocycles. The monoisotopic (exact) mass is 257 g/mol. The van der Waals surface area contributed by atoms with Crippen LogP contribution in [0.15, 0.2) is 35.5 Å². The number of hydrogen-bond donors (Lipinski definition) is 2. The van der Waals surface area contributed by atoms with Gasteiger partial charge in [-0.25, -0.2) is 0 Å². The van der Waals surface area contributed by atoms with E-state index in [-0.39, 0.29) is 0 Å². The van der Waals surface area contributed by atoms with Crippen LogP contribution in [0.5, 0.6) is 5.75 Å². The van der Waals surface area contributed by atoms with Gasteiger partial charge in [0.05, 0.1) is 0 Å². The Morgan fingerprint density at radius 3 is 2.84 bits per heavy atom. The molecule has 1 heterocycles. The molecule has 0 aromatic heterocycles. The molecular weight excluding hydrogens is 234 g/mol. The number of rotatable bonds is 3. The minimum Gasteiger partial charge on any atom is -0.508 e. The molecule has 1 fully saturated rings. The number of phenols is 1. The fourth-order valence-electron chi connectivity index (χ4n) is 2.75. The van der Waals surface area contributed by atoms with Gasteiger partial charge in [0.15, 0.2) is 0 Å². The topological polar surface area (TPSA) is 32.3 Å². The molecule has 19 heavy (non-hydrogen) atoms. The number of nitrogens with one attached hydrogen (secondary N) is 1. The van der Waals surface area contributed by atoms with E-state index in [0.717, 1.165) is 25.8 Å². The van der Waals surface area contributed by atoms with Crippen molar-refractivity contribution in [1.82, 2.24) is 5.32 Å². The van der Waals surface area contributed by atoms with Crippen LogP contribution < -0.4 is 5.32 Å². The van der Waals surface area contributed by atoms with E-state index in [0.29, 0.717) is 5.75 Å². The second kappa shape index (κ2) is 5.96. The summed E-state index contributed by atoms with van der Waals surface area (Å²) in [4.78, 5) is 0. The second-order valence-electron chi connectivity index (χ2n) is 5.10. The molecule has 1 aromatic rings. The van der Waals surface area contributed by atoms with Crippen molar-refractivity contribution in [2.45, 2.75) is 40.0 Å². The Hall–Kier alpha value is -1.70. The van der Waals surface area contributed by atoms with Crippen LogP contribution in [0.2, 0.25) is 0 Å². The average Bonchev–Trinajstić information content (AvgIpc) is 2.83. The first-order chi connectivity index (χ1) is 9.15. The molecule has 0 amide bonds. The van der Waals surface area contributed by atoms with Crippen LogP contribution in [0.25, 0.3) is 5.57 Å². The second-order valence-corrected chi connectivity index (χ2v) is 5.10. The fraction of sp³-hybridized carbons (Fsp3) is 0.412. The smallest absolute Gasteiger partial charge is 0.116 e. The van der Waals surface area contributed by atoms with Crippen molar-refractivity contribution in [2.75, 3.05) is 6.54 Å². The van der Waals surface area contributed by atoms with Crippen molar-refractivity contribution in [3.63, 3.8) is 0 Å². The Morgan fingerprint density at radius 2 is 2.16 bits per heavy atom. The molecule has 1 aliphatic heterocycles. The third-order valence-electron chi connectivity index (χ3n) is 3.71. The van der Waals surface area contributed by atoms with Crippen LogP contribution in [-0.4, -0.2) is 11.7 Å². The van der Waals surface area contributed by atoms with Crippen LogP contribution in [0, 0.1) is 6.92 Å². The van der Waals surface area contributed by atoms with E-state index in [1.165, 1.54) is 28.0 Å². The standard InChI is InChI=1S/C17H23NO/c1-4-6-14-9-13(11-18-14)16(5-2)17-10-15(19)8-7-12(17)3/h6-8,10,18-19H,4-5,9,11H2,1-3H3/b14-6-,16-13+. The summed E-state index contributed by atoms with van der Waals surface area (Å²) in [6.07, 6.45) is 5.35. The highest BCUT2D eigenvalue weighted by Gasteiger charge is 2.17. The summed E-state index contributed by atoms with van der Waals surface area (Å²) in [6, 6.07) is 5.64. The van der Waals surface area contributed by atoms with Gasteiger partial charge in [-0.15, -0.1) is 0 Å². The van der Waals surface area contributed by atoms with E-state index in [1.807, 2.05) is 12.1 Å². The molecule has 2 heteroatoms. The lowest BCUT2D eigenvalue weighted by atomic mass is 9.93. The Labute approximate surface area is 115 Å². The molecule has 0 unspecified atom stereocenters. The van der Waals surface area contributed by atoms with E-state index in [1.54, 1.807) is 6.07 Å². The van der Waals surface area contributed by atoms with E-state index in [4.69, 9.17) is 0 Å². The maximum atomic E-state index is 9.71. The normalized spacial score (nSPS) is 19.6. The summed E-state index contributed by atoms with van der Waals surface area (Å²) in [5, 5.41) is 13.2. The molecule has 2 N–H and O–H groups in total. The number of allylic oxidation sites excluding steroid dienone is 3. The third-order valence-corrected chi connectivity index (χ3v) is 3.71. The van der Waals surface area contributed by atoms with E-state index in [2.05, 4.69) is 32.2 Å². The number of aryl methyl sites for hydroxylation is 1. The fourth-order valence-corrected chi connectivity index (χ4v) is 2.75. The van der Waals surface area contributed by atoms with Gasteiger partial charge in [0.25, 0.3) is 0 Å². The summed E-state index contributed by atoms with van der Waals surface area (Å²) in [5.41, 5.74) is 6.59. The molecule has 0 spiro atoms. The first kappa shape index (κ1) is 13.7. The molecular formula is C17H23NO. The van der Waals surface area contributed by atoms with Crippen LogP contribution in [-0.2, 0) is 0 Å². The van der Waals surface area contributed by atoms with Gasteiger partial charge in [0.1, 0.15) is 5.75 Å². The summed E-state index contributed by atoms with van der Waals surface area (Å²) in [5.74, 6) is 0.349. The van der Waals surface area contributed by atoms with Crippen molar-refractivity contribution in [3.8, 4) is 5.75 Å². The predicted molar refractivity (Wildman–Crippen MR) is 81.0 cm³/mol. The Kier molecular flexibility index (Phi) is 4.31. The van der Waals surface area contributed by atoms with Crippen LogP contribution in [0.1, 0.15) is 44.2 Å². The van der Waals surface area contributed by atoms with Crippen molar-refractivity contribution >= 4 is 5.57 Å². The molecule has 2 rings (SSSR count). The number of hydrogen-bond acceptors (Lipinski definition) is 2.